The third-order valence-corrected chi connectivity index (χ3v) is 3.12. The van der Waals surface area contributed by atoms with Crippen molar-refractivity contribution in [3.63, 3.8) is 0 Å². The second kappa shape index (κ2) is 3.90. The van der Waals surface area contributed by atoms with Crippen LogP contribution in [0, 0.1) is 6.92 Å². The lowest BCUT2D eigenvalue weighted by Crippen LogP contribution is -1.88. The van der Waals surface area contributed by atoms with Gasteiger partial charge in [-0.3, -0.25) is 0 Å². The number of aromatic nitrogens is 1. The predicted molar refractivity (Wildman–Crippen MR) is 63.3 cm³/mol. The number of hydrogen-bond donors (Lipinski definition) is 1. The molecule has 0 spiro atoms. The van der Waals surface area contributed by atoms with E-state index in [4.69, 9.17) is 10.5 Å². The van der Waals surface area contributed by atoms with Crippen molar-refractivity contribution in [2.75, 3.05) is 12.8 Å². The van der Waals surface area contributed by atoms with Gasteiger partial charge in [-0.05, 0) is 47.8 Å². The molecular formula is C11H12N2OS. The highest BCUT2D eigenvalue weighted by Crippen LogP contribution is 2.32. The lowest BCUT2D eigenvalue weighted by molar-refractivity contribution is 0.412. The van der Waals surface area contributed by atoms with Crippen LogP contribution in [-0.2, 0) is 0 Å². The maximum Gasteiger partial charge on any atom is 0.121 e. The molecule has 0 aliphatic heterocycles. The molecule has 0 aliphatic carbocycles. The van der Waals surface area contributed by atoms with Crippen LogP contribution in [0.4, 0.5) is 5.69 Å². The summed E-state index contributed by atoms with van der Waals surface area (Å²) in [5, 5.41) is 0. The van der Waals surface area contributed by atoms with Gasteiger partial charge in [0.15, 0.2) is 0 Å². The van der Waals surface area contributed by atoms with Crippen molar-refractivity contribution < 1.29 is 4.74 Å². The summed E-state index contributed by atoms with van der Waals surface area (Å²) in [5.41, 5.74) is 8.73. The number of nitrogens with two attached hydrogens (primary N) is 1. The number of nitrogens with zero attached hydrogens (tertiary/aromatic N) is 1. The van der Waals surface area contributed by atoms with Gasteiger partial charge in [-0.1, -0.05) is 0 Å². The van der Waals surface area contributed by atoms with E-state index in [0.717, 1.165) is 27.4 Å². The molecule has 0 atom stereocenters. The lowest BCUT2D eigenvalue weighted by atomic mass is 10.1. The second-order valence-corrected chi connectivity index (χ2v) is 4.10. The summed E-state index contributed by atoms with van der Waals surface area (Å²) in [6.07, 6.45) is 1.68. The first-order chi connectivity index (χ1) is 7.22. The Balaban J connectivity index is 2.47. The van der Waals surface area contributed by atoms with E-state index in [1.165, 1.54) is 11.5 Å². The Labute approximate surface area is 92.7 Å². The van der Waals surface area contributed by atoms with Crippen LogP contribution in [0.15, 0.2) is 24.4 Å². The molecule has 0 fully saturated rings. The van der Waals surface area contributed by atoms with Crippen LogP contribution in [-0.4, -0.2) is 11.5 Å². The summed E-state index contributed by atoms with van der Waals surface area (Å²) in [6, 6.07) is 6.00. The van der Waals surface area contributed by atoms with E-state index in [0.29, 0.717) is 0 Å². The van der Waals surface area contributed by atoms with Crippen LogP contribution >= 0.6 is 11.5 Å². The molecule has 0 saturated carbocycles. The summed E-state index contributed by atoms with van der Waals surface area (Å²) in [4.78, 5) is 1.01. The van der Waals surface area contributed by atoms with E-state index in [2.05, 4.69) is 10.4 Å². The van der Waals surface area contributed by atoms with Crippen molar-refractivity contribution in [2.24, 2.45) is 0 Å². The maximum atomic E-state index is 5.81. The van der Waals surface area contributed by atoms with Gasteiger partial charge in [-0.15, -0.1) is 0 Å². The smallest absolute Gasteiger partial charge is 0.121 e. The standard InChI is InChI=1S/C11H12N2OS/c1-7-5-8(3-4-10(7)14-2)11-9(12)6-13-15-11/h3-6H,12H2,1-2H3. The van der Waals surface area contributed by atoms with E-state index in [1.54, 1.807) is 13.3 Å². The molecule has 0 radical (unpaired) electrons. The minimum absolute atomic E-state index is 0.726. The molecule has 0 bridgehead atoms. The summed E-state index contributed by atoms with van der Waals surface area (Å²) in [5.74, 6) is 0.891. The fourth-order valence-electron chi connectivity index (χ4n) is 1.49. The SMILES string of the molecule is COc1ccc(-c2sncc2N)cc1C. The van der Waals surface area contributed by atoms with Crippen LogP contribution in [0.5, 0.6) is 5.75 Å². The number of methoxy groups -OCH3 is 1. The van der Waals surface area contributed by atoms with Crippen molar-refractivity contribution in [3.8, 4) is 16.2 Å². The average molecular weight is 220 g/mol. The number of anilines is 1. The Morgan fingerprint density at radius 3 is 2.73 bits per heavy atom. The van der Waals surface area contributed by atoms with Gasteiger partial charge in [-0.25, -0.2) is 0 Å². The van der Waals surface area contributed by atoms with Crippen molar-refractivity contribution in [3.05, 3.63) is 30.0 Å². The van der Waals surface area contributed by atoms with Crippen LogP contribution < -0.4 is 10.5 Å². The van der Waals surface area contributed by atoms with Crippen molar-refractivity contribution in [2.45, 2.75) is 6.92 Å². The van der Waals surface area contributed by atoms with E-state index in [9.17, 15) is 0 Å². The predicted octanol–water partition coefficient (Wildman–Crippen LogP) is 2.71. The molecule has 0 aliphatic rings. The minimum Gasteiger partial charge on any atom is -0.496 e. The van der Waals surface area contributed by atoms with Crippen molar-refractivity contribution in [1.82, 2.24) is 4.37 Å². The first-order valence-corrected chi connectivity index (χ1v) is 5.35. The maximum absolute atomic E-state index is 5.81. The third kappa shape index (κ3) is 1.80. The molecule has 0 saturated heterocycles. The first kappa shape index (κ1) is 9.98. The molecule has 2 aromatic rings. The molecular weight excluding hydrogens is 208 g/mol. The van der Waals surface area contributed by atoms with Gasteiger partial charge in [0, 0.05) is 0 Å². The average Bonchev–Trinajstić information content (AvgIpc) is 2.64. The summed E-state index contributed by atoms with van der Waals surface area (Å²) < 4.78 is 9.26. The lowest BCUT2D eigenvalue weighted by Gasteiger charge is -2.06. The molecule has 0 amide bonds. The highest BCUT2D eigenvalue weighted by atomic mass is 32.1. The zero-order valence-electron chi connectivity index (χ0n) is 8.65. The fourth-order valence-corrected chi connectivity index (χ4v) is 2.15. The Morgan fingerprint density at radius 2 is 2.20 bits per heavy atom. The van der Waals surface area contributed by atoms with Gasteiger partial charge in [0.05, 0.1) is 23.9 Å². The third-order valence-electron chi connectivity index (χ3n) is 2.26. The van der Waals surface area contributed by atoms with Gasteiger partial charge in [0.25, 0.3) is 0 Å². The molecule has 1 aromatic heterocycles. The van der Waals surface area contributed by atoms with Crippen LogP contribution in [0.2, 0.25) is 0 Å². The van der Waals surface area contributed by atoms with Gasteiger partial charge in [0.2, 0.25) is 0 Å². The Kier molecular flexibility index (Phi) is 2.60. The van der Waals surface area contributed by atoms with Crippen molar-refractivity contribution >= 4 is 17.2 Å². The summed E-state index contributed by atoms with van der Waals surface area (Å²) >= 11 is 1.41. The topological polar surface area (TPSA) is 48.1 Å². The first-order valence-electron chi connectivity index (χ1n) is 4.57. The van der Waals surface area contributed by atoms with E-state index >= 15 is 0 Å². The molecule has 2 rings (SSSR count). The molecule has 3 nitrogen and oxygen atoms in total. The Bertz CT molecular complexity index is 479. The molecule has 78 valence electrons. The zero-order chi connectivity index (χ0) is 10.8. The van der Waals surface area contributed by atoms with Gasteiger partial charge < -0.3 is 10.5 Å². The quantitative estimate of drug-likeness (QED) is 0.846. The molecule has 2 N–H and O–H groups in total. The van der Waals surface area contributed by atoms with E-state index in [1.807, 2.05) is 19.1 Å². The number of rotatable bonds is 2. The number of nitrogen functional groups attached to an aromatic ring is 1. The molecule has 15 heavy (non-hydrogen) atoms. The molecule has 0 unspecified atom stereocenters. The summed E-state index contributed by atoms with van der Waals surface area (Å²) in [6.45, 7) is 2.01. The second-order valence-electron chi connectivity index (χ2n) is 3.29. The minimum atomic E-state index is 0.726. The van der Waals surface area contributed by atoms with Crippen molar-refractivity contribution in [1.29, 1.82) is 0 Å². The number of hydrogen-bond acceptors (Lipinski definition) is 4. The summed E-state index contributed by atoms with van der Waals surface area (Å²) in [7, 11) is 1.67. The molecule has 4 heteroatoms. The fraction of sp³-hybridized carbons (Fsp3) is 0.182. The number of aryl methyl sites for hydroxylation is 1. The number of benzene rings is 1. The molecule has 1 heterocycles. The Morgan fingerprint density at radius 1 is 1.40 bits per heavy atom. The zero-order valence-corrected chi connectivity index (χ0v) is 9.47. The largest absolute Gasteiger partial charge is 0.496 e. The van der Waals surface area contributed by atoms with Gasteiger partial charge in [0.1, 0.15) is 5.75 Å². The van der Waals surface area contributed by atoms with E-state index < -0.39 is 0 Å². The monoisotopic (exact) mass is 220 g/mol. The van der Waals surface area contributed by atoms with Crippen LogP contribution in [0.25, 0.3) is 10.4 Å². The van der Waals surface area contributed by atoms with Crippen LogP contribution in [0.3, 0.4) is 0 Å². The number of ether oxygens (including phenoxy) is 1. The normalized spacial score (nSPS) is 10.3. The Hall–Kier alpha value is -1.55. The highest BCUT2D eigenvalue weighted by molar-refractivity contribution is 7.10. The van der Waals surface area contributed by atoms with Gasteiger partial charge >= 0.3 is 0 Å². The van der Waals surface area contributed by atoms with Gasteiger partial charge in [-0.2, -0.15) is 4.37 Å². The van der Waals surface area contributed by atoms with E-state index in [-0.39, 0.29) is 0 Å². The molecule has 1 aromatic carbocycles. The van der Waals surface area contributed by atoms with Crippen LogP contribution in [0.1, 0.15) is 5.56 Å². The highest BCUT2D eigenvalue weighted by Gasteiger charge is 2.07.